The minimum Gasteiger partial charge on any atom is -0.455 e. The predicted octanol–water partition coefficient (Wildman–Crippen LogP) is 4.08. The van der Waals surface area contributed by atoms with Gasteiger partial charge in [-0.1, -0.05) is 30.3 Å². The highest BCUT2D eigenvalue weighted by atomic mass is 19.4. The molecule has 0 aliphatic carbocycles. The number of aromatic nitrogens is 1. The molecule has 1 fully saturated rings. The lowest BCUT2D eigenvalue weighted by Crippen LogP contribution is -2.41. The standard InChI is InChI=1S/C23H26F3N3O3/c1-16(17-8-4-3-5-9-17)28(2)20(30)15-32-22(31)18-10-7-13-29(14-18)21-19(23(24,25)26)11-6-12-27-21/h3-6,8-9,11-12,16,18H,7,10,13-15H2,1-2H3. The summed E-state index contributed by atoms with van der Waals surface area (Å²) in [7, 11) is 1.63. The molecule has 3 rings (SSSR count). The number of hydrogen-bond donors (Lipinski definition) is 0. The number of esters is 1. The Hall–Kier alpha value is -3.10. The zero-order valence-electron chi connectivity index (χ0n) is 18.0. The third-order valence-electron chi connectivity index (χ3n) is 5.74. The molecule has 2 atom stereocenters. The number of rotatable bonds is 6. The predicted molar refractivity (Wildman–Crippen MR) is 113 cm³/mol. The van der Waals surface area contributed by atoms with Crippen molar-refractivity contribution in [2.24, 2.45) is 5.92 Å². The second-order valence-corrected chi connectivity index (χ2v) is 7.86. The first-order valence-corrected chi connectivity index (χ1v) is 10.4. The van der Waals surface area contributed by atoms with Crippen molar-refractivity contribution in [2.75, 3.05) is 31.6 Å². The van der Waals surface area contributed by atoms with Gasteiger partial charge >= 0.3 is 12.1 Å². The molecule has 6 nitrogen and oxygen atoms in total. The number of nitrogens with zero attached hydrogens (tertiary/aromatic N) is 3. The lowest BCUT2D eigenvalue weighted by atomic mass is 9.97. The minimum atomic E-state index is -4.54. The third-order valence-corrected chi connectivity index (χ3v) is 5.74. The Balaban J connectivity index is 1.59. The number of halogens is 3. The van der Waals surface area contributed by atoms with E-state index in [4.69, 9.17) is 4.74 Å². The monoisotopic (exact) mass is 449 g/mol. The molecular weight excluding hydrogens is 423 g/mol. The molecule has 2 aromatic rings. The first-order chi connectivity index (χ1) is 15.2. The highest BCUT2D eigenvalue weighted by molar-refractivity contribution is 5.81. The van der Waals surface area contributed by atoms with Crippen LogP contribution >= 0.6 is 0 Å². The van der Waals surface area contributed by atoms with Crippen LogP contribution in [0.25, 0.3) is 0 Å². The molecule has 172 valence electrons. The van der Waals surface area contributed by atoms with Crippen LogP contribution < -0.4 is 4.90 Å². The van der Waals surface area contributed by atoms with Crippen LogP contribution in [0.2, 0.25) is 0 Å². The van der Waals surface area contributed by atoms with Gasteiger partial charge < -0.3 is 14.5 Å². The molecule has 0 N–H and O–H groups in total. The first kappa shape index (κ1) is 23.6. The Kier molecular flexibility index (Phi) is 7.37. The SMILES string of the molecule is CC(c1ccccc1)N(C)C(=O)COC(=O)C1CCCN(c2ncccc2C(F)(F)F)C1. The molecule has 0 bridgehead atoms. The number of piperidine rings is 1. The summed E-state index contributed by atoms with van der Waals surface area (Å²) in [5.74, 6) is -1.76. The van der Waals surface area contributed by atoms with E-state index in [0.717, 1.165) is 11.6 Å². The van der Waals surface area contributed by atoms with Gasteiger partial charge in [0.2, 0.25) is 0 Å². The van der Waals surface area contributed by atoms with Gasteiger partial charge in [-0.25, -0.2) is 4.98 Å². The maximum atomic E-state index is 13.3. The van der Waals surface area contributed by atoms with E-state index in [1.807, 2.05) is 37.3 Å². The van der Waals surface area contributed by atoms with Gasteiger partial charge in [-0.05, 0) is 37.5 Å². The Morgan fingerprint density at radius 1 is 1.22 bits per heavy atom. The van der Waals surface area contributed by atoms with Crippen LogP contribution in [-0.4, -0.2) is 48.5 Å². The molecule has 9 heteroatoms. The number of pyridine rings is 1. The van der Waals surface area contributed by atoms with Crippen molar-refractivity contribution in [1.29, 1.82) is 0 Å². The number of likely N-dealkylation sites (N-methyl/N-ethyl adjacent to an activating group) is 1. The summed E-state index contributed by atoms with van der Waals surface area (Å²) in [6.45, 7) is 1.88. The quantitative estimate of drug-likeness (QED) is 0.622. The van der Waals surface area contributed by atoms with E-state index < -0.39 is 30.2 Å². The number of carbonyl (C=O) groups is 2. The van der Waals surface area contributed by atoms with E-state index >= 15 is 0 Å². The number of amides is 1. The number of ether oxygens (including phenoxy) is 1. The topological polar surface area (TPSA) is 62.7 Å². The number of benzene rings is 1. The molecule has 2 heterocycles. The van der Waals surface area contributed by atoms with E-state index in [0.29, 0.717) is 19.4 Å². The van der Waals surface area contributed by atoms with E-state index in [9.17, 15) is 22.8 Å². The fourth-order valence-corrected chi connectivity index (χ4v) is 3.76. The Bertz CT molecular complexity index is 937. The zero-order valence-corrected chi connectivity index (χ0v) is 18.0. The smallest absolute Gasteiger partial charge is 0.419 e. The second-order valence-electron chi connectivity index (χ2n) is 7.86. The molecular formula is C23H26F3N3O3. The largest absolute Gasteiger partial charge is 0.455 e. The van der Waals surface area contributed by atoms with E-state index in [2.05, 4.69) is 4.98 Å². The highest BCUT2D eigenvalue weighted by Gasteiger charge is 2.37. The Morgan fingerprint density at radius 3 is 2.62 bits per heavy atom. The van der Waals surface area contributed by atoms with Crippen molar-refractivity contribution in [1.82, 2.24) is 9.88 Å². The van der Waals surface area contributed by atoms with Gasteiger partial charge in [0, 0.05) is 26.3 Å². The lowest BCUT2D eigenvalue weighted by molar-refractivity contribution is -0.156. The lowest BCUT2D eigenvalue weighted by Gasteiger charge is -2.33. The molecule has 0 radical (unpaired) electrons. The van der Waals surface area contributed by atoms with Gasteiger partial charge in [0.05, 0.1) is 17.5 Å². The fourth-order valence-electron chi connectivity index (χ4n) is 3.76. The van der Waals surface area contributed by atoms with E-state index in [1.54, 1.807) is 7.05 Å². The minimum absolute atomic E-state index is 0.0589. The first-order valence-electron chi connectivity index (χ1n) is 10.4. The summed E-state index contributed by atoms with van der Waals surface area (Å²) in [5.41, 5.74) is 0.120. The maximum Gasteiger partial charge on any atom is 0.419 e. The van der Waals surface area contributed by atoms with E-state index in [-0.39, 0.29) is 24.3 Å². The number of carbonyl (C=O) groups excluding carboxylic acids is 2. The summed E-state index contributed by atoms with van der Waals surface area (Å²) in [6.07, 6.45) is -2.24. The van der Waals surface area contributed by atoms with Gasteiger partial charge in [0.1, 0.15) is 5.82 Å². The number of alkyl halides is 3. The van der Waals surface area contributed by atoms with Crippen LogP contribution in [0.3, 0.4) is 0 Å². The van der Waals surface area contributed by atoms with Crippen LogP contribution in [0, 0.1) is 5.92 Å². The highest BCUT2D eigenvalue weighted by Crippen LogP contribution is 2.36. The molecule has 0 spiro atoms. The van der Waals surface area contributed by atoms with Crippen LogP contribution in [-0.2, 0) is 20.5 Å². The summed E-state index contributed by atoms with van der Waals surface area (Å²) in [6, 6.07) is 11.5. The zero-order chi connectivity index (χ0) is 23.3. The molecule has 1 aromatic carbocycles. The molecule has 32 heavy (non-hydrogen) atoms. The molecule has 0 saturated carbocycles. The average Bonchev–Trinajstić information content (AvgIpc) is 2.81. The molecule has 1 saturated heterocycles. The van der Waals surface area contributed by atoms with Crippen molar-refractivity contribution in [2.45, 2.75) is 32.0 Å². The van der Waals surface area contributed by atoms with Crippen LogP contribution in [0.15, 0.2) is 48.7 Å². The van der Waals surface area contributed by atoms with Crippen molar-refractivity contribution < 1.29 is 27.5 Å². The normalized spacial score (nSPS) is 17.5. The second kappa shape index (κ2) is 10.0. The average molecular weight is 449 g/mol. The summed E-state index contributed by atoms with van der Waals surface area (Å²) in [5, 5.41) is 0. The van der Waals surface area contributed by atoms with Crippen LogP contribution in [0.5, 0.6) is 0 Å². The Labute approximate surface area is 185 Å². The van der Waals surface area contributed by atoms with Gasteiger partial charge in [0.15, 0.2) is 6.61 Å². The molecule has 1 amide bonds. The van der Waals surface area contributed by atoms with Gasteiger partial charge in [0.25, 0.3) is 5.91 Å². The van der Waals surface area contributed by atoms with Crippen LogP contribution in [0.4, 0.5) is 19.0 Å². The van der Waals surface area contributed by atoms with Gasteiger partial charge in [-0.2, -0.15) is 13.2 Å². The molecule has 1 aliphatic rings. The summed E-state index contributed by atoms with van der Waals surface area (Å²) < 4.78 is 45.2. The van der Waals surface area contributed by atoms with Crippen LogP contribution in [0.1, 0.15) is 36.9 Å². The Morgan fingerprint density at radius 2 is 1.94 bits per heavy atom. The number of hydrogen-bond acceptors (Lipinski definition) is 5. The number of anilines is 1. The van der Waals surface area contributed by atoms with Crippen molar-refractivity contribution in [3.63, 3.8) is 0 Å². The maximum absolute atomic E-state index is 13.3. The van der Waals surface area contributed by atoms with E-state index in [1.165, 1.54) is 22.1 Å². The van der Waals surface area contributed by atoms with Crippen molar-refractivity contribution >= 4 is 17.7 Å². The molecule has 1 aliphatic heterocycles. The van der Waals surface area contributed by atoms with Crippen molar-refractivity contribution in [3.05, 3.63) is 59.8 Å². The molecule has 2 unspecified atom stereocenters. The van der Waals surface area contributed by atoms with Gasteiger partial charge in [-0.3, -0.25) is 9.59 Å². The third kappa shape index (κ3) is 5.57. The van der Waals surface area contributed by atoms with Crippen molar-refractivity contribution in [3.8, 4) is 0 Å². The summed E-state index contributed by atoms with van der Waals surface area (Å²) in [4.78, 5) is 31.9. The fraction of sp³-hybridized carbons (Fsp3) is 0.435. The summed E-state index contributed by atoms with van der Waals surface area (Å²) >= 11 is 0. The van der Waals surface area contributed by atoms with Gasteiger partial charge in [-0.15, -0.1) is 0 Å². The molecule has 1 aromatic heterocycles.